The van der Waals surface area contributed by atoms with Gasteiger partial charge in [-0.05, 0) is 38.8 Å². The van der Waals surface area contributed by atoms with Crippen LogP contribution in [0.4, 0.5) is 0 Å². The van der Waals surface area contributed by atoms with E-state index in [-0.39, 0.29) is 12.0 Å². The molecule has 0 saturated carbocycles. The lowest BCUT2D eigenvalue weighted by Gasteiger charge is -2.31. The SMILES string of the molecule is CC(O)CC1CCCN1CC(=O)N1CCc2[nH]c3ccccc3c2C1. The number of fused-ring (bicyclic) bond motifs is 3. The summed E-state index contributed by atoms with van der Waals surface area (Å²) in [6, 6.07) is 8.69. The van der Waals surface area contributed by atoms with E-state index in [0.29, 0.717) is 19.1 Å². The number of carbonyl (C=O) groups excluding carboxylic acids is 1. The first-order chi connectivity index (χ1) is 12.1. The molecule has 5 nitrogen and oxygen atoms in total. The number of hydrogen-bond donors (Lipinski definition) is 2. The van der Waals surface area contributed by atoms with Gasteiger partial charge in [-0.15, -0.1) is 0 Å². The normalized spacial score (nSPS) is 22.3. The van der Waals surface area contributed by atoms with Gasteiger partial charge in [-0.2, -0.15) is 0 Å². The van der Waals surface area contributed by atoms with Gasteiger partial charge >= 0.3 is 0 Å². The van der Waals surface area contributed by atoms with Crippen molar-refractivity contribution < 1.29 is 9.90 Å². The molecule has 0 radical (unpaired) electrons. The Balaban J connectivity index is 1.45. The van der Waals surface area contributed by atoms with Crippen LogP contribution < -0.4 is 0 Å². The van der Waals surface area contributed by atoms with Crippen molar-refractivity contribution in [3.05, 3.63) is 35.5 Å². The molecule has 1 saturated heterocycles. The molecule has 2 aromatic rings. The Kier molecular flexibility index (Phi) is 4.52. The summed E-state index contributed by atoms with van der Waals surface area (Å²) in [5, 5.41) is 10.9. The Morgan fingerprint density at radius 2 is 2.20 bits per heavy atom. The average molecular weight is 341 g/mol. The van der Waals surface area contributed by atoms with Crippen molar-refractivity contribution in [1.82, 2.24) is 14.8 Å². The lowest BCUT2D eigenvalue weighted by molar-refractivity contribution is -0.133. The number of likely N-dealkylation sites (tertiary alicyclic amines) is 1. The summed E-state index contributed by atoms with van der Waals surface area (Å²) in [7, 11) is 0. The van der Waals surface area contributed by atoms with Crippen molar-refractivity contribution in [3.8, 4) is 0 Å². The maximum absolute atomic E-state index is 12.9. The third-order valence-corrected chi connectivity index (χ3v) is 5.69. The number of hydrogen-bond acceptors (Lipinski definition) is 3. The minimum atomic E-state index is -0.301. The quantitative estimate of drug-likeness (QED) is 0.897. The van der Waals surface area contributed by atoms with E-state index in [2.05, 4.69) is 28.1 Å². The zero-order valence-electron chi connectivity index (χ0n) is 14.9. The van der Waals surface area contributed by atoms with Crippen LogP contribution in [0.15, 0.2) is 24.3 Å². The second-order valence-corrected chi connectivity index (χ2v) is 7.54. The molecule has 2 aliphatic rings. The molecule has 25 heavy (non-hydrogen) atoms. The van der Waals surface area contributed by atoms with Crippen LogP contribution in [0.2, 0.25) is 0 Å². The minimum Gasteiger partial charge on any atom is -0.393 e. The number of aromatic nitrogens is 1. The predicted molar refractivity (Wildman–Crippen MR) is 98.3 cm³/mol. The molecule has 134 valence electrons. The number of aliphatic hydroxyl groups is 1. The summed E-state index contributed by atoms with van der Waals surface area (Å²) >= 11 is 0. The van der Waals surface area contributed by atoms with Gasteiger partial charge in [-0.3, -0.25) is 9.69 Å². The third-order valence-electron chi connectivity index (χ3n) is 5.69. The van der Waals surface area contributed by atoms with Gasteiger partial charge in [0, 0.05) is 47.7 Å². The molecule has 1 fully saturated rings. The highest BCUT2D eigenvalue weighted by atomic mass is 16.3. The minimum absolute atomic E-state index is 0.216. The van der Waals surface area contributed by atoms with E-state index in [1.807, 2.05) is 17.9 Å². The number of nitrogens with zero attached hydrogens (tertiary/aromatic N) is 2. The van der Waals surface area contributed by atoms with Gasteiger partial charge in [-0.1, -0.05) is 18.2 Å². The maximum atomic E-state index is 12.9. The fourth-order valence-electron chi connectivity index (χ4n) is 4.42. The van der Waals surface area contributed by atoms with Crippen molar-refractivity contribution in [3.63, 3.8) is 0 Å². The number of amides is 1. The topological polar surface area (TPSA) is 59.6 Å². The Labute approximate surface area is 148 Å². The van der Waals surface area contributed by atoms with E-state index in [4.69, 9.17) is 0 Å². The first kappa shape index (κ1) is 16.6. The zero-order valence-corrected chi connectivity index (χ0v) is 14.9. The summed E-state index contributed by atoms with van der Waals surface area (Å²) in [4.78, 5) is 20.6. The fourth-order valence-corrected chi connectivity index (χ4v) is 4.42. The van der Waals surface area contributed by atoms with Gasteiger partial charge in [0.05, 0.1) is 12.6 Å². The van der Waals surface area contributed by atoms with Gasteiger partial charge in [0.2, 0.25) is 5.91 Å². The molecule has 3 heterocycles. The van der Waals surface area contributed by atoms with Gasteiger partial charge < -0.3 is 15.0 Å². The number of carbonyl (C=O) groups is 1. The van der Waals surface area contributed by atoms with Crippen molar-refractivity contribution >= 4 is 16.8 Å². The fraction of sp³-hybridized carbons (Fsp3) is 0.550. The molecule has 4 rings (SSSR count). The monoisotopic (exact) mass is 341 g/mol. The second kappa shape index (κ2) is 6.81. The summed E-state index contributed by atoms with van der Waals surface area (Å²) in [6.45, 7) is 4.77. The van der Waals surface area contributed by atoms with E-state index < -0.39 is 0 Å². The summed E-state index contributed by atoms with van der Waals surface area (Å²) in [5.41, 5.74) is 3.72. The molecule has 1 aromatic heterocycles. The molecule has 0 bridgehead atoms. The molecule has 0 aliphatic carbocycles. The molecule has 0 spiro atoms. The van der Waals surface area contributed by atoms with Gasteiger partial charge in [-0.25, -0.2) is 0 Å². The number of nitrogens with one attached hydrogen (secondary N) is 1. The lowest BCUT2D eigenvalue weighted by Crippen LogP contribution is -2.44. The van der Waals surface area contributed by atoms with Crippen molar-refractivity contribution in [2.24, 2.45) is 0 Å². The Morgan fingerprint density at radius 3 is 3.04 bits per heavy atom. The van der Waals surface area contributed by atoms with Crippen molar-refractivity contribution in [2.75, 3.05) is 19.6 Å². The van der Waals surface area contributed by atoms with Crippen LogP contribution in [0.3, 0.4) is 0 Å². The van der Waals surface area contributed by atoms with Crippen molar-refractivity contribution in [2.45, 2.75) is 51.3 Å². The molecule has 2 unspecified atom stereocenters. The summed E-state index contributed by atoms with van der Waals surface area (Å²) in [5.74, 6) is 0.216. The average Bonchev–Trinajstić information content (AvgIpc) is 3.18. The number of rotatable bonds is 4. The number of H-pyrrole nitrogens is 1. The van der Waals surface area contributed by atoms with Crippen LogP contribution in [-0.2, 0) is 17.8 Å². The van der Waals surface area contributed by atoms with E-state index in [1.54, 1.807) is 0 Å². The molecular formula is C20H27N3O2. The highest BCUT2D eigenvalue weighted by molar-refractivity contribution is 5.86. The predicted octanol–water partition coefficient (Wildman–Crippen LogP) is 2.29. The second-order valence-electron chi connectivity index (χ2n) is 7.54. The Morgan fingerprint density at radius 1 is 1.36 bits per heavy atom. The molecule has 1 amide bonds. The third kappa shape index (κ3) is 3.31. The number of aromatic amines is 1. The maximum Gasteiger partial charge on any atom is 0.237 e. The van der Waals surface area contributed by atoms with Crippen LogP contribution in [-0.4, -0.2) is 57.6 Å². The van der Waals surface area contributed by atoms with Crippen LogP contribution in [0, 0.1) is 0 Å². The summed E-state index contributed by atoms with van der Waals surface area (Å²) in [6.07, 6.45) is 3.57. The van der Waals surface area contributed by atoms with E-state index in [9.17, 15) is 9.90 Å². The molecule has 2 aliphatic heterocycles. The Bertz CT molecular complexity index is 767. The van der Waals surface area contributed by atoms with Gasteiger partial charge in [0.1, 0.15) is 0 Å². The molecule has 1 aromatic carbocycles. The number of para-hydroxylation sites is 1. The largest absolute Gasteiger partial charge is 0.393 e. The molecule has 2 atom stereocenters. The van der Waals surface area contributed by atoms with Crippen LogP contribution in [0.25, 0.3) is 10.9 Å². The first-order valence-corrected chi connectivity index (χ1v) is 9.40. The summed E-state index contributed by atoms with van der Waals surface area (Å²) < 4.78 is 0. The van der Waals surface area contributed by atoms with Crippen LogP contribution >= 0.6 is 0 Å². The smallest absolute Gasteiger partial charge is 0.237 e. The van der Waals surface area contributed by atoms with Gasteiger partial charge in [0.25, 0.3) is 0 Å². The van der Waals surface area contributed by atoms with Crippen molar-refractivity contribution in [1.29, 1.82) is 0 Å². The van der Waals surface area contributed by atoms with E-state index in [0.717, 1.165) is 38.8 Å². The molecule has 5 heteroatoms. The van der Waals surface area contributed by atoms with Crippen LogP contribution in [0.1, 0.15) is 37.4 Å². The van der Waals surface area contributed by atoms with Gasteiger partial charge in [0.15, 0.2) is 0 Å². The number of benzene rings is 1. The van der Waals surface area contributed by atoms with Crippen LogP contribution in [0.5, 0.6) is 0 Å². The zero-order chi connectivity index (χ0) is 17.4. The lowest BCUT2D eigenvalue weighted by atomic mass is 10.0. The molecule has 2 N–H and O–H groups in total. The standard InChI is InChI=1S/C20H27N3O2/c1-14(24)11-15-5-4-9-22(15)13-20(25)23-10-8-19-17(12-23)16-6-2-3-7-18(16)21-19/h2-3,6-7,14-15,21,24H,4-5,8-13H2,1H3. The number of aliphatic hydroxyl groups excluding tert-OH is 1. The Hall–Kier alpha value is -1.85. The van der Waals surface area contributed by atoms with E-state index >= 15 is 0 Å². The van der Waals surface area contributed by atoms with E-state index in [1.165, 1.54) is 22.2 Å². The highest BCUT2D eigenvalue weighted by Crippen LogP contribution is 2.28. The first-order valence-electron chi connectivity index (χ1n) is 9.40. The highest BCUT2D eigenvalue weighted by Gasteiger charge is 2.30. The molecular weight excluding hydrogens is 314 g/mol.